The van der Waals surface area contributed by atoms with Crippen molar-refractivity contribution in [2.45, 2.75) is 26.3 Å². The maximum absolute atomic E-state index is 13.7. The van der Waals surface area contributed by atoms with Crippen molar-refractivity contribution in [2.24, 2.45) is 0 Å². The van der Waals surface area contributed by atoms with Gasteiger partial charge in [-0.1, -0.05) is 22.0 Å². The summed E-state index contributed by atoms with van der Waals surface area (Å²) < 4.78 is 14.4. The summed E-state index contributed by atoms with van der Waals surface area (Å²) in [6, 6.07) is 4.87. The van der Waals surface area contributed by atoms with E-state index < -0.39 is 0 Å². The molecule has 3 nitrogen and oxygen atoms in total. The molecule has 100 valence electrons. The van der Waals surface area contributed by atoms with E-state index in [0.29, 0.717) is 25.1 Å². The molecule has 2 N–H and O–H groups in total. The molecule has 0 aliphatic rings. The van der Waals surface area contributed by atoms with E-state index in [1.165, 1.54) is 6.07 Å². The third kappa shape index (κ3) is 4.74. The lowest BCUT2D eigenvalue weighted by Crippen LogP contribution is -2.28. The van der Waals surface area contributed by atoms with Crippen molar-refractivity contribution in [3.8, 4) is 0 Å². The van der Waals surface area contributed by atoms with Crippen LogP contribution < -0.4 is 10.6 Å². The molecule has 18 heavy (non-hydrogen) atoms. The van der Waals surface area contributed by atoms with E-state index >= 15 is 0 Å². The van der Waals surface area contributed by atoms with Gasteiger partial charge < -0.3 is 10.6 Å². The lowest BCUT2D eigenvalue weighted by atomic mass is 10.1. The van der Waals surface area contributed by atoms with Gasteiger partial charge in [-0.3, -0.25) is 4.79 Å². The Balaban J connectivity index is 2.45. The second kappa shape index (κ2) is 7.48. The van der Waals surface area contributed by atoms with E-state index in [1.54, 1.807) is 12.1 Å². The number of carbonyl (C=O) groups excluding carboxylic acids is 1. The molecule has 0 aromatic heterocycles. The van der Waals surface area contributed by atoms with Crippen LogP contribution in [0.5, 0.6) is 0 Å². The molecule has 0 radical (unpaired) electrons. The summed E-state index contributed by atoms with van der Waals surface area (Å²) in [4.78, 5) is 11.2. The van der Waals surface area contributed by atoms with E-state index in [0.717, 1.165) is 4.47 Å². The first-order chi connectivity index (χ1) is 8.54. The van der Waals surface area contributed by atoms with Crippen LogP contribution in [0.4, 0.5) is 4.39 Å². The second-order valence-corrected chi connectivity index (χ2v) is 4.96. The topological polar surface area (TPSA) is 41.1 Å². The average molecular weight is 317 g/mol. The fraction of sp³-hybridized carbons (Fsp3) is 0.462. The lowest BCUT2D eigenvalue weighted by Gasteiger charge is -2.15. The molecule has 0 saturated heterocycles. The van der Waals surface area contributed by atoms with Crippen LogP contribution in [0.15, 0.2) is 22.7 Å². The number of amides is 1. The van der Waals surface area contributed by atoms with Crippen molar-refractivity contribution in [3.05, 3.63) is 34.1 Å². The van der Waals surface area contributed by atoms with Gasteiger partial charge in [0, 0.05) is 35.6 Å². The highest BCUT2D eigenvalue weighted by Gasteiger charge is 2.11. The van der Waals surface area contributed by atoms with Crippen LogP contribution in [0.25, 0.3) is 0 Å². The fourth-order valence-electron chi connectivity index (χ4n) is 1.65. The van der Waals surface area contributed by atoms with Gasteiger partial charge in [-0.25, -0.2) is 4.39 Å². The number of carbonyl (C=O) groups is 1. The highest BCUT2D eigenvalue weighted by Crippen LogP contribution is 2.20. The van der Waals surface area contributed by atoms with Crippen molar-refractivity contribution >= 4 is 21.8 Å². The smallest absolute Gasteiger partial charge is 0.221 e. The van der Waals surface area contributed by atoms with E-state index in [1.807, 2.05) is 13.8 Å². The molecular formula is C13H18BrFN2O. The fourth-order valence-corrected chi connectivity index (χ4v) is 1.98. The predicted octanol–water partition coefficient (Wildman–Crippen LogP) is 2.77. The zero-order chi connectivity index (χ0) is 13.5. The summed E-state index contributed by atoms with van der Waals surface area (Å²) in [5.41, 5.74) is 0.606. The Morgan fingerprint density at radius 1 is 1.50 bits per heavy atom. The van der Waals surface area contributed by atoms with Crippen molar-refractivity contribution in [1.29, 1.82) is 0 Å². The molecule has 0 fully saturated rings. The summed E-state index contributed by atoms with van der Waals surface area (Å²) in [6.45, 7) is 4.92. The predicted molar refractivity (Wildman–Crippen MR) is 73.8 cm³/mol. The van der Waals surface area contributed by atoms with Crippen LogP contribution in [-0.4, -0.2) is 19.0 Å². The molecule has 1 amide bonds. The normalized spacial score (nSPS) is 12.2. The Bertz CT molecular complexity index is 412. The maximum atomic E-state index is 13.7. The van der Waals surface area contributed by atoms with Gasteiger partial charge in [0.05, 0.1) is 0 Å². The summed E-state index contributed by atoms with van der Waals surface area (Å²) in [5.74, 6) is -0.240. The molecule has 1 unspecified atom stereocenters. The number of nitrogens with one attached hydrogen (secondary N) is 2. The van der Waals surface area contributed by atoms with Crippen LogP contribution >= 0.6 is 15.9 Å². The van der Waals surface area contributed by atoms with Crippen LogP contribution in [0.2, 0.25) is 0 Å². The van der Waals surface area contributed by atoms with Crippen LogP contribution in [0.1, 0.15) is 31.9 Å². The van der Waals surface area contributed by atoms with E-state index in [2.05, 4.69) is 26.6 Å². The average Bonchev–Trinajstić information content (AvgIpc) is 2.29. The number of halogens is 2. The third-order valence-electron chi connectivity index (χ3n) is 2.61. The summed E-state index contributed by atoms with van der Waals surface area (Å²) >= 11 is 3.22. The van der Waals surface area contributed by atoms with E-state index in [-0.39, 0.29) is 17.8 Å². The molecular weight excluding hydrogens is 299 g/mol. The van der Waals surface area contributed by atoms with E-state index in [4.69, 9.17) is 0 Å². The molecule has 0 heterocycles. The first-order valence-electron chi connectivity index (χ1n) is 5.99. The van der Waals surface area contributed by atoms with Crippen molar-refractivity contribution in [2.75, 3.05) is 13.1 Å². The molecule has 0 bridgehead atoms. The van der Waals surface area contributed by atoms with Crippen molar-refractivity contribution in [1.82, 2.24) is 10.6 Å². The largest absolute Gasteiger partial charge is 0.356 e. The monoisotopic (exact) mass is 316 g/mol. The van der Waals surface area contributed by atoms with Gasteiger partial charge in [-0.05, 0) is 26.0 Å². The van der Waals surface area contributed by atoms with Crippen LogP contribution in [0, 0.1) is 5.82 Å². The Hall–Kier alpha value is -0.940. The molecule has 1 atom stereocenters. The Labute approximate surface area is 115 Å². The molecule has 5 heteroatoms. The minimum Gasteiger partial charge on any atom is -0.356 e. The zero-order valence-corrected chi connectivity index (χ0v) is 12.2. The van der Waals surface area contributed by atoms with Crippen molar-refractivity contribution < 1.29 is 9.18 Å². The first-order valence-corrected chi connectivity index (χ1v) is 6.79. The second-order valence-electron chi connectivity index (χ2n) is 4.05. The van der Waals surface area contributed by atoms with Gasteiger partial charge in [0.2, 0.25) is 5.91 Å². The Kier molecular flexibility index (Phi) is 6.29. The molecule has 1 aromatic rings. The van der Waals surface area contributed by atoms with Crippen LogP contribution in [-0.2, 0) is 4.79 Å². The first kappa shape index (κ1) is 15.1. The number of benzene rings is 1. The van der Waals surface area contributed by atoms with Gasteiger partial charge in [0.1, 0.15) is 5.82 Å². The number of rotatable bonds is 6. The Morgan fingerprint density at radius 2 is 2.22 bits per heavy atom. The highest BCUT2D eigenvalue weighted by molar-refractivity contribution is 9.10. The Morgan fingerprint density at radius 3 is 2.83 bits per heavy atom. The third-order valence-corrected chi connectivity index (χ3v) is 3.10. The van der Waals surface area contributed by atoms with Gasteiger partial charge in [0.15, 0.2) is 0 Å². The zero-order valence-electron chi connectivity index (χ0n) is 10.6. The molecule has 1 aromatic carbocycles. The highest BCUT2D eigenvalue weighted by atomic mass is 79.9. The van der Waals surface area contributed by atoms with Gasteiger partial charge in [-0.2, -0.15) is 0 Å². The summed E-state index contributed by atoms with van der Waals surface area (Å²) in [5, 5.41) is 5.85. The standard InChI is InChI=1S/C13H18BrFN2O/c1-3-16-13(18)6-7-17-9(2)11-5-4-10(14)8-12(11)15/h4-5,8-9,17H,3,6-7H2,1-2H3,(H,16,18). The lowest BCUT2D eigenvalue weighted by molar-refractivity contribution is -0.120. The van der Waals surface area contributed by atoms with Crippen molar-refractivity contribution in [3.63, 3.8) is 0 Å². The quantitative estimate of drug-likeness (QED) is 0.847. The maximum Gasteiger partial charge on any atom is 0.221 e. The van der Waals surface area contributed by atoms with Crippen LogP contribution in [0.3, 0.4) is 0 Å². The number of hydrogen-bond acceptors (Lipinski definition) is 2. The summed E-state index contributed by atoms with van der Waals surface area (Å²) in [6.07, 6.45) is 0.399. The molecule has 0 saturated carbocycles. The minimum absolute atomic E-state index is 0.00785. The molecule has 0 aliphatic carbocycles. The molecule has 1 rings (SSSR count). The molecule has 0 spiro atoms. The SMILES string of the molecule is CCNC(=O)CCNC(C)c1ccc(Br)cc1F. The number of hydrogen-bond donors (Lipinski definition) is 2. The molecule has 0 aliphatic heterocycles. The minimum atomic E-state index is -0.248. The summed E-state index contributed by atoms with van der Waals surface area (Å²) in [7, 11) is 0. The van der Waals surface area contributed by atoms with Gasteiger partial charge in [-0.15, -0.1) is 0 Å². The van der Waals surface area contributed by atoms with Gasteiger partial charge in [0.25, 0.3) is 0 Å². The van der Waals surface area contributed by atoms with E-state index in [9.17, 15) is 9.18 Å². The van der Waals surface area contributed by atoms with Gasteiger partial charge >= 0.3 is 0 Å².